The summed E-state index contributed by atoms with van der Waals surface area (Å²) < 4.78 is 3.10. The summed E-state index contributed by atoms with van der Waals surface area (Å²) in [6.45, 7) is 9.35. The molecule has 7 nitrogen and oxygen atoms in total. The van der Waals surface area contributed by atoms with Crippen molar-refractivity contribution in [3.8, 4) is 11.3 Å². The van der Waals surface area contributed by atoms with Crippen molar-refractivity contribution in [3.63, 3.8) is 0 Å². The molecule has 3 rings (SSSR count). The monoisotopic (exact) mass is 357 g/mol. The third-order valence-electron chi connectivity index (χ3n) is 5.41. The van der Waals surface area contributed by atoms with E-state index >= 15 is 0 Å². The fourth-order valence-corrected chi connectivity index (χ4v) is 3.58. The van der Waals surface area contributed by atoms with Gasteiger partial charge < -0.3 is 4.90 Å². The van der Waals surface area contributed by atoms with Gasteiger partial charge in [0.25, 0.3) is 5.56 Å². The second kappa shape index (κ2) is 7.05. The van der Waals surface area contributed by atoms with Gasteiger partial charge in [-0.25, -0.2) is 4.68 Å². The van der Waals surface area contributed by atoms with Gasteiger partial charge in [-0.1, -0.05) is 6.92 Å². The summed E-state index contributed by atoms with van der Waals surface area (Å²) in [5.74, 6) is 0.610. The lowest BCUT2D eigenvalue weighted by atomic mass is 9.99. The van der Waals surface area contributed by atoms with Crippen LogP contribution in [0.5, 0.6) is 0 Å². The van der Waals surface area contributed by atoms with E-state index in [1.165, 1.54) is 10.7 Å². The van der Waals surface area contributed by atoms with Crippen molar-refractivity contribution in [2.75, 3.05) is 13.1 Å². The van der Waals surface area contributed by atoms with E-state index in [0.717, 1.165) is 42.9 Å². The summed E-state index contributed by atoms with van der Waals surface area (Å²) in [7, 11) is 1.88. The molecule has 2 aromatic rings. The predicted molar refractivity (Wildman–Crippen MR) is 99.9 cm³/mol. The first-order chi connectivity index (χ1) is 12.3. The third kappa shape index (κ3) is 3.30. The zero-order chi connectivity index (χ0) is 19.0. The highest BCUT2D eigenvalue weighted by molar-refractivity contribution is 5.80. The van der Waals surface area contributed by atoms with Gasteiger partial charge in [-0.05, 0) is 45.6 Å². The van der Waals surface area contributed by atoms with E-state index < -0.39 is 6.04 Å². The maximum Gasteiger partial charge on any atom is 0.267 e. The Labute approximate surface area is 153 Å². The molecule has 0 N–H and O–H groups in total. The zero-order valence-corrected chi connectivity index (χ0v) is 16.2. The Balaban J connectivity index is 1.92. The molecule has 1 fully saturated rings. The SMILES string of the molecule is Cc1nn(C)c(C)c1-c1ccc(=O)n(C(C)C(=O)N2CCC(C)CC2)n1. The minimum atomic E-state index is -0.617. The maximum absolute atomic E-state index is 12.9. The number of hydrogen-bond donors (Lipinski definition) is 0. The Hall–Kier alpha value is -2.44. The minimum absolute atomic E-state index is 0.0386. The predicted octanol–water partition coefficient (Wildman–Crippen LogP) is 2.08. The summed E-state index contributed by atoms with van der Waals surface area (Å²) in [5.41, 5.74) is 3.14. The van der Waals surface area contributed by atoms with Crippen molar-refractivity contribution in [2.24, 2.45) is 13.0 Å². The normalized spacial score (nSPS) is 16.7. The molecule has 0 aliphatic carbocycles. The third-order valence-corrected chi connectivity index (χ3v) is 5.41. The molecular weight excluding hydrogens is 330 g/mol. The van der Waals surface area contributed by atoms with Gasteiger partial charge in [0.2, 0.25) is 5.91 Å². The number of nitrogens with zero attached hydrogens (tertiary/aromatic N) is 5. The molecule has 0 bridgehead atoms. The molecule has 1 unspecified atom stereocenters. The van der Waals surface area contributed by atoms with Crippen LogP contribution in [0.3, 0.4) is 0 Å². The van der Waals surface area contributed by atoms with E-state index in [1.54, 1.807) is 17.7 Å². The Bertz CT molecular complexity index is 875. The van der Waals surface area contributed by atoms with Crippen LogP contribution in [0.2, 0.25) is 0 Å². The van der Waals surface area contributed by atoms with E-state index in [2.05, 4.69) is 17.1 Å². The molecule has 26 heavy (non-hydrogen) atoms. The van der Waals surface area contributed by atoms with Crippen LogP contribution in [-0.4, -0.2) is 43.5 Å². The van der Waals surface area contributed by atoms with E-state index in [4.69, 9.17) is 0 Å². The number of amides is 1. The Morgan fingerprint density at radius 3 is 2.42 bits per heavy atom. The number of rotatable bonds is 3. The molecular formula is C19H27N5O2. The second-order valence-electron chi connectivity index (χ2n) is 7.35. The topological polar surface area (TPSA) is 73.0 Å². The van der Waals surface area contributed by atoms with Crippen LogP contribution in [0, 0.1) is 19.8 Å². The smallest absolute Gasteiger partial charge is 0.267 e. The summed E-state index contributed by atoms with van der Waals surface area (Å²) in [5, 5.41) is 8.93. The van der Waals surface area contributed by atoms with Gasteiger partial charge in [0.15, 0.2) is 0 Å². The Morgan fingerprint density at radius 1 is 1.19 bits per heavy atom. The lowest BCUT2D eigenvalue weighted by Gasteiger charge is -2.32. The summed E-state index contributed by atoms with van der Waals surface area (Å²) >= 11 is 0. The molecule has 140 valence electrons. The van der Waals surface area contributed by atoms with Gasteiger partial charge in [0.05, 0.1) is 11.4 Å². The van der Waals surface area contributed by atoms with Crippen molar-refractivity contribution in [1.29, 1.82) is 0 Å². The molecule has 3 heterocycles. The highest BCUT2D eigenvalue weighted by atomic mass is 16.2. The first-order valence-corrected chi connectivity index (χ1v) is 9.18. The van der Waals surface area contributed by atoms with Crippen LogP contribution in [0.4, 0.5) is 0 Å². The number of piperidine rings is 1. The van der Waals surface area contributed by atoms with Crippen molar-refractivity contribution < 1.29 is 4.79 Å². The number of carbonyl (C=O) groups is 1. The quantitative estimate of drug-likeness (QED) is 0.843. The van der Waals surface area contributed by atoms with Gasteiger partial charge in [-0.3, -0.25) is 14.3 Å². The fourth-order valence-electron chi connectivity index (χ4n) is 3.58. The summed E-state index contributed by atoms with van der Waals surface area (Å²) in [4.78, 5) is 27.1. The zero-order valence-electron chi connectivity index (χ0n) is 16.2. The van der Waals surface area contributed by atoms with E-state index in [-0.39, 0.29) is 11.5 Å². The van der Waals surface area contributed by atoms with Crippen molar-refractivity contribution in [2.45, 2.75) is 46.6 Å². The van der Waals surface area contributed by atoms with Gasteiger partial charge in [0.1, 0.15) is 6.04 Å². The van der Waals surface area contributed by atoms with Crippen LogP contribution < -0.4 is 5.56 Å². The number of likely N-dealkylation sites (tertiary alicyclic amines) is 1. The van der Waals surface area contributed by atoms with Crippen molar-refractivity contribution in [3.05, 3.63) is 33.9 Å². The molecule has 1 amide bonds. The highest BCUT2D eigenvalue weighted by Crippen LogP contribution is 2.24. The molecule has 0 spiro atoms. The van der Waals surface area contributed by atoms with Crippen LogP contribution in [-0.2, 0) is 11.8 Å². The summed E-state index contributed by atoms with van der Waals surface area (Å²) in [6, 6.07) is 2.57. The summed E-state index contributed by atoms with van der Waals surface area (Å²) in [6.07, 6.45) is 2.02. The lowest BCUT2D eigenvalue weighted by Crippen LogP contribution is -2.43. The Kier molecular flexibility index (Phi) is 4.98. The van der Waals surface area contributed by atoms with Crippen molar-refractivity contribution in [1.82, 2.24) is 24.5 Å². The van der Waals surface area contributed by atoms with Gasteiger partial charge >= 0.3 is 0 Å². The van der Waals surface area contributed by atoms with Crippen LogP contribution in [0.15, 0.2) is 16.9 Å². The molecule has 0 saturated carbocycles. The maximum atomic E-state index is 12.9. The second-order valence-corrected chi connectivity index (χ2v) is 7.35. The highest BCUT2D eigenvalue weighted by Gasteiger charge is 2.27. The molecule has 1 aliphatic rings. The molecule has 1 saturated heterocycles. The first kappa shape index (κ1) is 18.4. The van der Waals surface area contributed by atoms with E-state index in [9.17, 15) is 9.59 Å². The van der Waals surface area contributed by atoms with Crippen LogP contribution >= 0.6 is 0 Å². The van der Waals surface area contributed by atoms with Gasteiger partial charge in [0, 0.05) is 37.5 Å². The van der Waals surface area contributed by atoms with Crippen LogP contribution in [0.1, 0.15) is 44.1 Å². The van der Waals surface area contributed by atoms with E-state index in [1.807, 2.05) is 25.8 Å². The molecule has 2 aromatic heterocycles. The standard InChI is InChI=1S/C19H27N5O2/c1-12-8-10-23(11-9-12)19(26)15(4)24-17(25)7-6-16(21-24)18-13(2)20-22(5)14(18)3/h6-7,12,15H,8-11H2,1-5H3. The first-order valence-electron chi connectivity index (χ1n) is 9.18. The molecule has 7 heteroatoms. The number of hydrogen-bond acceptors (Lipinski definition) is 4. The van der Waals surface area contributed by atoms with E-state index in [0.29, 0.717) is 11.6 Å². The average molecular weight is 357 g/mol. The molecule has 1 atom stereocenters. The molecule has 0 aromatic carbocycles. The van der Waals surface area contributed by atoms with Gasteiger partial charge in [-0.2, -0.15) is 10.2 Å². The molecule has 1 aliphatic heterocycles. The number of aryl methyl sites for hydroxylation is 2. The molecule has 0 radical (unpaired) electrons. The number of aromatic nitrogens is 4. The van der Waals surface area contributed by atoms with Crippen LogP contribution in [0.25, 0.3) is 11.3 Å². The minimum Gasteiger partial charge on any atom is -0.341 e. The average Bonchev–Trinajstić information content (AvgIpc) is 2.87. The lowest BCUT2D eigenvalue weighted by molar-refractivity contribution is -0.136. The fraction of sp³-hybridized carbons (Fsp3) is 0.579. The Morgan fingerprint density at radius 2 is 1.85 bits per heavy atom. The van der Waals surface area contributed by atoms with Gasteiger partial charge in [-0.15, -0.1) is 0 Å². The van der Waals surface area contributed by atoms with Crippen molar-refractivity contribution >= 4 is 5.91 Å². The largest absolute Gasteiger partial charge is 0.341 e. The number of carbonyl (C=O) groups excluding carboxylic acids is 1.